The molecule has 1 aromatic heterocycles. The van der Waals surface area contributed by atoms with Crippen LogP contribution in [0.1, 0.15) is 53.0 Å². The third-order valence-electron chi connectivity index (χ3n) is 3.36. The fourth-order valence-corrected chi connectivity index (χ4v) is 1.93. The predicted octanol–water partition coefficient (Wildman–Crippen LogP) is 3.59. The number of hydrogen-bond acceptors (Lipinski definition) is 3. The molecule has 0 bridgehead atoms. The lowest BCUT2D eigenvalue weighted by Gasteiger charge is -2.26. The lowest BCUT2D eigenvalue weighted by molar-refractivity contribution is 0.424. The first-order valence-electron chi connectivity index (χ1n) is 7.26. The van der Waals surface area contributed by atoms with Crippen LogP contribution in [0, 0.1) is 0 Å². The SMILES string of the molecule is CCCC(C)N(C)c1ccc(CNC(C)(C)C)cn1. The summed E-state index contributed by atoms with van der Waals surface area (Å²) in [6.07, 6.45) is 4.38. The first-order chi connectivity index (χ1) is 8.83. The van der Waals surface area contributed by atoms with Gasteiger partial charge in [-0.1, -0.05) is 19.4 Å². The van der Waals surface area contributed by atoms with E-state index in [2.05, 4.69) is 69.0 Å². The molecule has 3 nitrogen and oxygen atoms in total. The Labute approximate surface area is 118 Å². The molecule has 3 heteroatoms. The third-order valence-corrected chi connectivity index (χ3v) is 3.36. The molecule has 0 amide bonds. The van der Waals surface area contributed by atoms with Gasteiger partial charge in [-0.25, -0.2) is 4.98 Å². The molecule has 19 heavy (non-hydrogen) atoms. The highest BCUT2D eigenvalue weighted by Crippen LogP contribution is 2.15. The van der Waals surface area contributed by atoms with E-state index in [0.29, 0.717) is 6.04 Å². The zero-order valence-electron chi connectivity index (χ0n) is 13.3. The Kier molecular flexibility index (Phi) is 5.80. The Morgan fingerprint density at radius 1 is 1.32 bits per heavy atom. The largest absolute Gasteiger partial charge is 0.357 e. The van der Waals surface area contributed by atoms with Gasteiger partial charge >= 0.3 is 0 Å². The van der Waals surface area contributed by atoms with E-state index in [1.54, 1.807) is 0 Å². The molecule has 1 N–H and O–H groups in total. The van der Waals surface area contributed by atoms with Crippen LogP contribution in [-0.2, 0) is 6.54 Å². The summed E-state index contributed by atoms with van der Waals surface area (Å²) in [6.45, 7) is 11.9. The summed E-state index contributed by atoms with van der Waals surface area (Å²) in [5.41, 5.74) is 1.38. The molecular weight excluding hydrogens is 234 g/mol. The highest BCUT2D eigenvalue weighted by Gasteiger charge is 2.11. The molecule has 108 valence electrons. The predicted molar refractivity (Wildman–Crippen MR) is 83.6 cm³/mol. The van der Waals surface area contributed by atoms with Crippen LogP contribution in [0.3, 0.4) is 0 Å². The molecular formula is C16H29N3. The summed E-state index contributed by atoms with van der Waals surface area (Å²) in [5, 5.41) is 3.48. The quantitative estimate of drug-likeness (QED) is 0.850. The molecule has 0 fully saturated rings. The van der Waals surface area contributed by atoms with E-state index in [4.69, 9.17) is 0 Å². The monoisotopic (exact) mass is 263 g/mol. The van der Waals surface area contributed by atoms with Crippen molar-refractivity contribution in [1.29, 1.82) is 0 Å². The van der Waals surface area contributed by atoms with Gasteiger partial charge in [0.2, 0.25) is 0 Å². The van der Waals surface area contributed by atoms with E-state index in [1.165, 1.54) is 18.4 Å². The Bertz CT molecular complexity index is 365. The van der Waals surface area contributed by atoms with E-state index < -0.39 is 0 Å². The van der Waals surface area contributed by atoms with Gasteiger partial charge in [-0.15, -0.1) is 0 Å². The Morgan fingerprint density at radius 2 is 2.00 bits per heavy atom. The molecule has 1 atom stereocenters. The van der Waals surface area contributed by atoms with Crippen LogP contribution in [0.5, 0.6) is 0 Å². The lowest BCUT2D eigenvalue weighted by Crippen LogP contribution is -2.35. The van der Waals surface area contributed by atoms with Crippen molar-refractivity contribution in [3.8, 4) is 0 Å². The molecule has 0 aromatic carbocycles. The van der Waals surface area contributed by atoms with Gasteiger partial charge in [-0.3, -0.25) is 0 Å². The van der Waals surface area contributed by atoms with Gasteiger partial charge in [0.05, 0.1) is 0 Å². The molecule has 0 aliphatic carbocycles. The number of hydrogen-bond donors (Lipinski definition) is 1. The van der Waals surface area contributed by atoms with Crippen molar-refractivity contribution in [3.05, 3.63) is 23.9 Å². The van der Waals surface area contributed by atoms with Crippen molar-refractivity contribution in [2.24, 2.45) is 0 Å². The number of pyridine rings is 1. The minimum absolute atomic E-state index is 0.144. The number of nitrogens with one attached hydrogen (secondary N) is 1. The molecule has 1 heterocycles. The number of anilines is 1. The molecule has 0 saturated carbocycles. The standard InChI is InChI=1S/C16H29N3/c1-7-8-13(2)19(6)15-10-9-14(11-17-15)12-18-16(3,4)5/h9-11,13,18H,7-8,12H2,1-6H3. The fourth-order valence-electron chi connectivity index (χ4n) is 1.93. The van der Waals surface area contributed by atoms with Crippen molar-refractivity contribution in [2.75, 3.05) is 11.9 Å². The molecule has 1 rings (SSSR count). The Morgan fingerprint density at radius 3 is 2.47 bits per heavy atom. The topological polar surface area (TPSA) is 28.2 Å². The van der Waals surface area contributed by atoms with Crippen molar-refractivity contribution >= 4 is 5.82 Å². The Balaban J connectivity index is 2.60. The van der Waals surface area contributed by atoms with E-state index in [-0.39, 0.29) is 5.54 Å². The molecule has 0 saturated heterocycles. The van der Waals surface area contributed by atoms with Gasteiger partial charge in [0.15, 0.2) is 0 Å². The normalized spacial score (nSPS) is 13.4. The van der Waals surface area contributed by atoms with Crippen LogP contribution in [0.2, 0.25) is 0 Å². The molecule has 0 aliphatic heterocycles. The highest BCUT2D eigenvalue weighted by molar-refractivity contribution is 5.39. The summed E-state index contributed by atoms with van der Waals surface area (Å²) in [6, 6.07) is 4.82. The number of rotatable bonds is 6. The second-order valence-corrected chi connectivity index (χ2v) is 6.38. The summed E-state index contributed by atoms with van der Waals surface area (Å²) in [7, 11) is 2.12. The third kappa shape index (κ3) is 5.60. The zero-order valence-corrected chi connectivity index (χ0v) is 13.3. The van der Waals surface area contributed by atoms with Gasteiger partial charge in [-0.05, 0) is 45.7 Å². The van der Waals surface area contributed by atoms with Crippen LogP contribution >= 0.6 is 0 Å². The number of nitrogens with zero attached hydrogens (tertiary/aromatic N) is 2. The van der Waals surface area contributed by atoms with Crippen molar-refractivity contribution in [3.63, 3.8) is 0 Å². The molecule has 1 aromatic rings. The summed E-state index contributed by atoms with van der Waals surface area (Å²) >= 11 is 0. The molecule has 0 spiro atoms. The Hall–Kier alpha value is -1.09. The first-order valence-corrected chi connectivity index (χ1v) is 7.26. The van der Waals surface area contributed by atoms with Crippen LogP contribution in [0.25, 0.3) is 0 Å². The second kappa shape index (κ2) is 6.90. The van der Waals surface area contributed by atoms with Crippen LogP contribution in [0.15, 0.2) is 18.3 Å². The summed E-state index contributed by atoms with van der Waals surface area (Å²) in [5.74, 6) is 1.06. The average molecular weight is 263 g/mol. The van der Waals surface area contributed by atoms with Crippen LogP contribution < -0.4 is 10.2 Å². The summed E-state index contributed by atoms with van der Waals surface area (Å²) < 4.78 is 0. The van der Waals surface area contributed by atoms with E-state index >= 15 is 0 Å². The zero-order chi connectivity index (χ0) is 14.5. The average Bonchev–Trinajstić information content (AvgIpc) is 2.35. The van der Waals surface area contributed by atoms with Gasteiger partial charge in [0.25, 0.3) is 0 Å². The smallest absolute Gasteiger partial charge is 0.128 e. The van der Waals surface area contributed by atoms with Crippen molar-refractivity contribution in [2.45, 2.75) is 65.6 Å². The van der Waals surface area contributed by atoms with Crippen molar-refractivity contribution < 1.29 is 0 Å². The minimum Gasteiger partial charge on any atom is -0.357 e. The maximum Gasteiger partial charge on any atom is 0.128 e. The molecule has 0 radical (unpaired) electrons. The van der Waals surface area contributed by atoms with Crippen molar-refractivity contribution in [1.82, 2.24) is 10.3 Å². The van der Waals surface area contributed by atoms with Gasteiger partial charge in [-0.2, -0.15) is 0 Å². The maximum atomic E-state index is 4.57. The first kappa shape index (κ1) is 16.0. The van der Waals surface area contributed by atoms with Gasteiger partial charge < -0.3 is 10.2 Å². The molecule has 1 unspecified atom stereocenters. The van der Waals surface area contributed by atoms with Crippen LogP contribution in [0.4, 0.5) is 5.82 Å². The van der Waals surface area contributed by atoms with Gasteiger partial charge in [0.1, 0.15) is 5.82 Å². The fraction of sp³-hybridized carbons (Fsp3) is 0.688. The van der Waals surface area contributed by atoms with E-state index in [0.717, 1.165) is 12.4 Å². The van der Waals surface area contributed by atoms with E-state index in [9.17, 15) is 0 Å². The van der Waals surface area contributed by atoms with Crippen LogP contribution in [-0.4, -0.2) is 23.6 Å². The van der Waals surface area contributed by atoms with Gasteiger partial charge in [0, 0.05) is 31.4 Å². The number of aromatic nitrogens is 1. The highest BCUT2D eigenvalue weighted by atomic mass is 15.2. The minimum atomic E-state index is 0.144. The summed E-state index contributed by atoms with van der Waals surface area (Å²) in [4.78, 5) is 6.82. The molecule has 0 aliphatic rings. The lowest BCUT2D eigenvalue weighted by atomic mass is 10.1. The van der Waals surface area contributed by atoms with E-state index in [1.807, 2.05) is 6.20 Å². The second-order valence-electron chi connectivity index (χ2n) is 6.38. The maximum absolute atomic E-state index is 4.57.